The van der Waals surface area contributed by atoms with Crippen LogP contribution in [0.5, 0.6) is 0 Å². The van der Waals surface area contributed by atoms with Gasteiger partial charge in [0.15, 0.2) is 0 Å². The number of hydrogen-bond donors (Lipinski definition) is 0. The Morgan fingerprint density at radius 2 is 1.62 bits per heavy atom. The summed E-state index contributed by atoms with van der Waals surface area (Å²) < 4.78 is 27.0. The first-order chi connectivity index (χ1) is 9.93. The van der Waals surface area contributed by atoms with Gasteiger partial charge in [0.1, 0.15) is 0 Å². The second kappa shape index (κ2) is 7.12. The molecule has 118 valence electrons. The van der Waals surface area contributed by atoms with E-state index in [4.69, 9.17) is 11.6 Å². The smallest absolute Gasteiger partial charge is 0.207 e. The van der Waals surface area contributed by atoms with Gasteiger partial charge in [0, 0.05) is 13.1 Å². The third kappa shape index (κ3) is 3.99. The fraction of sp³-hybridized carbons (Fsp3) is 0.625. The summed E-state index contributed by atoms with van der Waals surface area (Å²) in [6.07, 6.45) is 6.23. The minimum Gasteiger partial charge on any atom is -0.207 e. The van der Waals surface area contributed by atoms with E-state index >= 15 is 0 Å². The second-order valence-corrected chi connectivity index (χ2v) is 8.47. The lowest BCUT2D eigenvalue weighted by Crippen LogP contribution is -2.43. The zero-order chi connectivity index (χ0) is 15.5. The van der Waals surface area contributed by atoms with E-state index in [2.05, 4.69) is 0 Å². The lowest BCUT2D eigenvalue weighted by atomic mass is 9.96. The molecular formula is C16H24ClNO2S. The van der Waals surface area contributed by atoms with E-state index in [1.54, 1.807) is 19.2 Å². The fourth-order valence-corrected chi connectivity index (χ4v) is 4.82. The van der Waals surface area contributed by atoms with Gasteiger partial charge in [-0.2, -0.15) is 4.31 Å². The SMILES string of the molecule is Cc1ccc(S(=O)(=O)N(C)C2CCCCCCC2Cl)cc1. The van der Waals surface area contributed by atoms with Crippen LogP contribution >= 0.6 is 11.6 Å². The monoisotopic (exact) mass is 329 g/mol. The molecule has 0 heterocycles. The molecule has 0 spiro atoms. The topological polar surface area (TPSA) is 37.4 Å². The van der Waals surface area contributed by atoms with Crippen LogP contribution < -0.4 is 0 Å². The zero-order valence-corrected chi connectivity index (χ0v) is 14.3. The summed E-state index contributed by atoms with van der Waals surface area (Å²) in [4.78, 5) is 0.349. The molecule has 21 heavy (non-hydrogen) atoms. The molecule has 1 aromatic carbocycles. The van der Waals surface area contributed by atoms with Gasteiger partial charge < -0.3 is 0 Å². The molecule has 2 atom stereocenters. The first-order valence-corrected chi connectivity index (χ1v) is 9.49. The second-order valence-electron chi connectivity index (χ2n) is 5.91. The summed E-state index contributed by atoms with van der Waals surface area (Å²) in [5, 5.41) is -0.101. The summed E-state index contributed by atoms with van der Waals surface area (Å²) in [7, 11) is -1.80. The highest BCUT2D eigenvalue weighted by Gasteiger charge is 2.32. The molecule has 1 aliphatic rings. The Bertz CT molecular complexity index is 556. The van der Waals surface area contributed by atoms with Crippen LogP contribution in [0, 0.1) is 6.92 Å². The van der Waals surface area contributed by atoms with Gasteiger partial charge in [-0.3, -0.25) is 0 Å². The Balaban J connectivity index is 2.23. The van der Waals surface area contributed by atoms with Crippen molar-refractivity contribution in [2.75, 3.05) is 7.05 Å². The summed E-state index contributed by atoms with van der Waals surface area (Å²) in [5.41, 5.74) is 1.05. The van der Waals surface area contributed by atoms with Crippen molar-refractivity contribution in [1.82, 2.24) is 4.31 Å². The fourth-order valence-electron chi connectivity index (χ4n) is 2.88. The number of hydrogen-bond acceptors (Lipinski definition) is 2. The van der Waals surface area contributed by atoms with E-state index in [1.807, 2.05) is 19.1 Å². The quantitative estimate of drug-likeness (QED) is 0.787. The highest BCUT2D eigenvalue weighted by atomic mass is 35.5. The normalized spacial score (nSPS) is 24.6. The lowest BCUT2D eigenvalue weighted by Gasteiger charge is -2.32. The highest BCUT2D eigenvalue weighted by molar-refractivity contribution is 7.89. The molecule has 1 fully saturated rings. The van der Waals surface area contributed by atoms with E-state index in [0.29, 0.717) is 4.90 Å². The molecule has 2 unspecified atom stereocenters. The molecule has 2 rings (SSSR count). The summed E-state index contributed by atoms with van der Waals surface area (Å²) in [6, 6.07) is 6.90. The van der Waals surface area contributed by atoms with Crippen LogP contribution in [-0.2, 0) is 10.0 Å². The van der Waals surface area contributed by atoms with Gasteiger partial charge in [0.2, 0.25) is 10.0 Å². The van der Waals surface area contributed by atoms with Crippen molar-refractivity contribution < 1.29 is 8.42 Å². The van der Waals surface area contributed by atoms with Crippen LogP contribution in [0.2, 0.25) is 0 Å². The summed E-state index contributed by atoms with van der Waals surface area (Å²) >= 11 is 6.47. The third-order valence-electron chi connectivity index (χ3n) is 4.31. The third-order valence-corrected chi connectivity index (χ3v) is 6.72. The van der Waals surface area contributed by atoms with Gasteiger partial charge in [0.05, 0.1) is 10.3 Å². The van der Waals surface area contributed by atoms with E-state index < -0.39 is 10.0 Å². The van der Waals surface area contributed by atoms with E-state index in [0.717, 1.165) is 31.2 Å². The standard InChI is InChI=1S/C16H24ClNO2S/c1-13-9-11-14(12-10-13)21(19,20)18(2)16-8-6-4-3-5-7-15(16)17/h9-12,15-16H,3-8H2,1-2H3. The molecule has 0 saturated heterocycles. The first-order valence-electron chi connectivity index (χ1n) is 7.61. The molecule has 0 aromatic heterocycles. The van der Waals surface area contributed by atoms with Crippen molar-refractivity contribution in [2.24, 2.45) is 0 Å². The summed E-state index contributed by atoms with van der Waals surface area (Å²) in [6.45, 7) is 1.95. The van der Waals surface area contributed by atoms with E-state index in [9.17, 15) is 8.42 Å². The Morgan fingerprint density at radius 3 is 2.24 bits per heavy atom. The number of alkyl halides is 1. The van der Waals surface area contributed by atoms with Gasteiger partial charge in [-0.05, 0) is 31.9 Å². The maximum Gasteiger partial charge on any atom is 0.243 e. The Kier molecular flexibility index (Phi) is 5.69. The van der Waals surface area contributed by atoms with Crippen LogP contribution in [0.4, 0.5) is 0 Å². The van der Waals surface area contributed by atoms with E-state index in [-0.39, 0.29) is 11.4 Å². The maximum absolute atomic E-state index is 12.8. The number of aryl methyl sites for hydroxylation is 1. The van der Waals surface area contributed by atoms with Crippen molar-refractivity contribution in [1.29, 1.82) is 0 Å². The van der Waals surface area contributed by atoms with Crippen LogP contribution in [0.25, 0.3) is 0 Å². The van der Waals surface area contributed by atoms with Crippen LogP contribution in [0.15, 0.2) is 29.2 Å². The van der Waals surface area contributed by atoms with Crippen LogP contribution in [0.3, 0.4) is 0 Å². The minimum atomic E-state index is -3.47. The first kappa shape index (κ1) is 16.8. The van der Waals surface area contributed by atoms with Crippen LogP contribution in [0.1, 0.15) is 44.1 Å². The van der Waals surface area contributed by atoms with Crippen molar-refractivity contribution in [3.8, 4) is 0 Å². The molecule has 0 amide bonds. The average Bonchev–Trinajstić information content (AvgIpc) is 2.43. The van der Waals surface area contributed by atoms with Gasteiger partial charge in [-0.1, -0.05) is 43.4 Å². The van der Waals surface area contributed by atoms with Crippen molar-refractivity contribution >= 4 is 21.6 Å². The Labute approximate surface area is 133 Å². The molecule has 3 nitrogen and oxygen atoms in total. The number of sulfonamides is 1. The molecule has 1 aliphatic carbocycles. The van der Waals surface area contributed by atoms with Crippen molar-refractivity contribution in [2.45, 2.75) is 61.8 Å². The number of halogens is 1. The van der Waals surface area contributed by atoms with Gasteiger partial charge in [-0.15, -0.1) is 11.6 Å². The van der Waals surface area contributed by atoms with E-state index in [1.165, 1.54) is 17.1 Å². The zero-order valence-electron chi connectivity index (χ0n) is 12.8. The molecule has 0 aliphatic heterocycles. The molecule has 0 radical (unpaired) electrons. The van der Waals surface area contributed by atoms with Gasteiger partial charge in [-0.25, -0.2) is 8.42 Å². The molecule has 5 heteroatoms. The number of rotatable bonds is 3. The predicted molar refractivity (Wildman–Crippen MR) is 87.3 cm³/mol. The molecule has 1 saturated carbocycles. The number of nitrogens with zero attached hydrogens (tertiary/aromatic N) is 1. The maximum atomic E-state index is 12.8. The Morgan fingerprint density at radius 1 is 1.05 bits per heavy atom. The average molecular weight is 330 g/mol. The predicted octanol–water partition coefficient (Wildman–Crippen LogP) is 3.95. The Hall–Kier alpha value is -0.580. The molecule has 0 N–H and O–H groups in total. The lowest BCUT2D eigenvalue weighted by molar-refractivity contribution is 0.305. The van der Waals surface area contributed by atoms with Crippen LogP contribution in [-0.4, -0.2) is 31.2 Å². The largest absolute Gasteiger partial charge is 0.243 e. The molecule has 0 bridgehead atoms. The summed E-state index contributed by atoms with van der Waals surface area (Å²) in [5.74, 6) is 0. The van der Waals surface area contributed by atoms with Gasteiger partial charge in [0.25, 0.3) is 0 Å². The van der Waals surface area contributed by atoms with Crippen molar-refractivity contribution in [3.63, 3.8) is 0 Å². The van der Waals surface area contributed by atoms with Crippen molar-refractivity contribution in [3.05, 3.63) is 29.8 Å². The molecular weight excluding hydrogens is 306 g/mol. The molecule has 1 aromatic rings. The number of benzene rings is 1. The van der Waals surface area contributed by atoms with Gasteiger partial charge >= 0.3 is 0 Å². The highest BCUT2D eigenvalue weighted by Crippen LogP contribution is 2.28. The minimum absolute atomic E-state index is 0.101.